The molecule has 4 rings (SSSR count). The highest BCUT2D eigenvalue weighted by atomic mass is 16.3. The van der Waals surface area contributed by atoms with Crippen LogP contribution in [0.25, 0.3) is 10.9 Å². The van der Waals surface area contributed by atoms with Gasteiger partial charge in [-0.15, -0.1) is 0 Å². The lowest BCUT2D eigenvalue weighted by molar-refractivity contribution is 0.471. The Hall–Kier alpha value is -3.47. The summed E-state index contributed by atoms with van der Waals surface area (Å²) in [6, 6.07) is 18.8. The largest absolute Gasteiger partial charge is 0.505 e. The number of phenolic OH excluding ortho intramolecular Hbond substituents is 1. The van der Waals surface area contributed by atoms with Crippen molar-refractivity contribution in [2.75, 3.05) is 5.32 Å². The molecule has 0 aliphatic rings. The molecule has 0 aliphatic carbocycles. The first-order valence-electron chi connectivity index (χ1n) is 8.40. The van der Waals surface area contributed by atoms with Gasteiger partial charge in [-0.1, -0.05) is 30.3 Å². The van der Waals surface area contributed by atoms with Crippen molar-refractivity contribution < 1.29 is 5.11 Å². The van der Waals surface area contributed by atoms with Gasteiger partial charge >= 0.3 is 0 Å². The van der Waals surface area contributed by atoms with Crippen LogP contribution in [0.15, 0.2) is 73.1 Å². The molecule has 3 aromatic heterocycles. The summed E-state index contributed by atoms with van der Waals surface area (Å²) in [4.78, 5) is 13.3. The summed E-state index contributed by atoms with van der Waals surface area (Å²) >= 11 is 0. The van der Waals surface area contributed by atoms with Gasteiger partial charge in [-0.3, -0.25) is 9.97 Å². The fourth-order valence-electron chi connectivity index (χ4n) is 3.01. The molecule has 3 heterocycles. The number of anilines is 1. The van der Waals surface area contributed by atoms with Crippen LogP contribution in [0.3, 0.4) is 0 Å². The van der Waals surface area contributed by atoms with E-state index in [-0.39, 0.29) is 11.8 Å². The first-order valence-corrected chi connectivity index (χ1v) is 8.40. The topological polar surface area (TPSA) is 70.9 Å². The van der Waals surface area contributed by atoms with Crippen LogP contribution in [0.1, 0.15) is 23.0 Å². The third-order valence-electron chi connectivity index (χ3n) is 4.25. The number of pyridine rings is 3. The standard InChI is InChI=1S/C21H18N4O/c1-14-6-4-8-17(24-14)20(25-18-9-2-3-12-22-18)16-11-10-15-7-5-13-23-19(15)21(16)26/h2-13,20,26H,1H3,(H,22,25)/t20-/m0/s1. The Kier molecular flexibility index (Phi) is 4.19. The second-order valence-electron chi connectivity index (χ2n) is 6.07. The predicted octanol–water partition coefficient (Wildman–Crippen LogP) is 4.24. The zero-order valence-electron chi connectivity index (χ0n) is 14.3. The predicted molar refractivity (Wildman–Crippen MR) is 102 cm³/mol. The van der Waals surface area contributed by atoms with Crippen LogP contribution in [-0.2, 0) is 0 Å². The minimum atomic E-state index is -0.351. The van der Waals surface area contributed by atoms with Crippen molar-refractivity contribution in [3.05, 3.63) is 90.0 Å². The van der Waals surface area contributed by atoms with E-state index in [0.717, 1.165) is 16.8 Å². The molecule has 0 bridgehead atoms. The van der Waals surface area contributed by atoms with Crippen molar-refractivity contribution in [3.63, 3.8) is 0 Å². The summed E-state index contributed by atoms with van der Waals surface area (Å²) < 4.78 is 0. The highest BCUT2D eigenvalue weighted by molar-refractivity contribution is 5.85. The van der Waals surface area contributed by atoms with Gasteiger partial charge in [-0.05, 0) is 37.3 Å². The quantitative estimate of drug-likeness (QED) is 0.580. The third-order valence-corrected chi connectivity index (χ3v) is 4.25. The number of fused-ring (bicyclic) bond motifs is 1. The van der Waals surface area contributed by atoms with Crippen LogP contribution < -0.4 is 5.32 Å². The second-order valence-corrected chi connectivity index (χ2v) is 6.07. The number of aromatic nitrogens is 3. The summed E-state index contributed by atoms with van der Waals surface area (Å²) in [7, 11) is 0. The Morgan fingerprint density at radius 2 is 1.77 bits per heavy atom. The van der Waals surface area contributed by atoms with Gasteiger partial charge in [0, 0.05) is 29.0 Å². The Labute approximate surface area is 151 Å². The lowest BCUT2D eigenvalue weighted by Gasteiger charge is -2.21. The number of hydrogen-bond donors (Lipinski definition) is 2. The number of aromatic hydroxyl groups is 1. The van der Waals surface area contributed by atoms with E-state index >= 15 is 0 Å². The number of hydrogen-bond acceptors (Lipinski definition) is 5. The molecule has 0 fully saturated rings. The van der Waals surface area contributed by atoms with E-state index in [0.29, 0.717) is 16.9 Å². The van der Waals surface area contributed by atoms with E-state index in [1.54, 1.807) is 12.4 Å². The smallest absolute Gasteiger partial charge is 0.147 e. The van der Waals surface area contributed by atoms with Gasteiger partial charge in [0.15, 0.2) is 0 Å². The molecule has 4 aromatic rings. The van der Waals surface area contributed by atoms with Gasteiger partial charge in [-0.25, -0.2) is 4.98 Å². The first kappa shape index (κ1) is 16.0. The fraction of sp³-hybridized carbons (Fsp3) is 0.0952. The molecule has 0 amide bonds. The normalized spacial score (nSPS) is 12.0. The lowest BCUT2D eigenvalue weighted by Crippen LogP contribution is -2.15. The van der Waals surface area contributed by atoms with Crippen LogP contribution >= 0.6 is 0 Å². The van der Waals surface area contributed by atoms with E-state index in [9.17, 15) is 5.11 Å². The number of nitrogens with zero attached hydrogens (tertiary/aromatic N) is 3. The van der Waals surface area contributed by atoms with Crippen molar-refractivity contribution in [2.45, 2.75) is 13.0 Å². The molecular weight excluding hydrogens is 324 g/mol. The Balaban J connectivity index is 1.86. The summed E-state index contributed by atoms with van der Waals surface area (Å²) in [5, 5.41) is 15.2. The minimum Gasteiger partial charge on any atom is -0.505 e. The number of phenols is 1. The van der Waals surface area contributed by atoms with Gasteiger partial charge in [0.1, 0.15) is 17.1 Å². The van der Waals surface area contributed by atoms with E-state index in [1.807, 2.05) is 67.6 Å². The van der Waals surface area contributed by atoms with Crippen molar-refractivity contribution in [3.8, 4) is 5.75 Å². The van der Waals surface area contributed by atoms with Crippen LogP contribution in [0.5, 0.6) is 5.75 Å². The van der Waals surface area contributed by atoms with E-state index < -0.39 is 0 Å². The van der Waals surface area contributed by atoms with Crippen molar-refractivity contribution >= 4 is 16.7 Å². The van der Waals surface area contributed by atoms with Crippen LogP contribution in [0.4, 0.5) is 5.82 Å². The van der Waals surface area contributed by atoms with E-state index in [1.165, 1.54) is 0 Å². The maximum absolute atomic E-state index is 10.9. The fourth-order valence-corrected chi connectivity index (χ4v) is 3.01. The van der Waals surface area contributed by atoms with Crippen molar-refractivity contribution in [2.24, 2.45) is 0 Å². The maximum atomic E-state index is 10.9. The summed E-state index contributed by atoms with van der Waals surface area (Å²) in [5.74, 6) is 0.862. The van der Waals surface area contributed by atoms with Crippen LogP contribution in [-0.4, -0.2) is 20.1 Å². The zero-order chi connectivity index (χ0) is 17.9. The first-order chi connectivity index (χ1) is 12.7. The summed E-state index contributed by atoms with van der Waals surface area (Å²) in [5.41, 5.74) is 3.00. The molecule has 1 atom stereocenters. The monoisotopic (exact) mass is 342 g/mol. The van der Waals surface area contributed by atoms with Crippen LogP contribution in [0.2, 0.25) is 0 Å². The summed E-state index contributed by atoms with van der Waals surface area (Å²) in [6.07, 6.45) is 3.41. The lowest BCUT2D eigenvalue weighted by atomic mass is 9.99. The number of nitrogens with one attached hydrogen (secondary N) is 1. The van der Waals surface area contributed by atoms with Crippen molar-refractivity contribution in [1.82, 2.24) is 15.0 Å². The molecule has 0 saturated heterocycles. The highest BCUT2D eigenvalue weighted by Crippen LogP contribution is 2.35. The average Bonchev–Trinajstić information content (AvgIpc) is 2.68. The number of benzene rings is 1. The number of aryl methyl sites for hydroxylation is 1. The van der Waals surface area contributed by atoms with E-state index in [2.05, 4.69) is 20.3 Å². The van der Waals surface area contributed by atoms with Crippen molar-refractivity contribution in [1.29, 1.82) is 0 Å². The molecule has 1 aromatic carbocycles. The molecule has 128 valence electrons. The molecule has 0 aliphatic heterocycles. The third kappa shape index (κ3) is 3.07. The summed E-state index contributed by atoms with van der Waals surface area (Å²) in [6.45, 7) is 1.95. The van der Waals surface area contributed by atoms with Gasteiger partial charge < -0.3 is 10.4 Å². The SMILES string of the molecule is Cc1cccc([C@@H](Nc2ccccn2)c2ccc3cccnc3c2O)n1. The molecular formula is C21H18N4O. The molecule has 2 N–H and O–H groups in total. The van der Waals surface area contributed by atoms with Gasteiger partial charge in [-0.2, -0.15) is 0 Å². The second kappa shape index (κ2) is 6.80. The highest BCUT2D eigenvalue weighted by Gasteiger charge is 2.21. The van der Waals surface area contributed by atoms with Crippen LogP contribution in [0, 0.1) is 6.92 Å². The molecule has 0 spiro atoms. The molecule has 5 heteroatoms. The molecule has 5 nitrogen and oxygen atoms in total. The van der Waals surface area contributed by atoms with Gasteiger partial charge in [0.2, 0.25) is 0 Å². The Bertz CT molecular complexity index is 1050. The molecule has 0 unspecified atom stereocenters. The maximum Gasteiger partial charge on any atom is 0.147 e. The average molecular weight is 342 g/mol. The molecule has 0 saturated carbocycles. The Morgan fingerprint density at radius 3 is 2.58 bits per heavy atom. The van der Waals surface area contributed by atoms with Gasteiger partial charge in [0.05, 0.1) is 11.7 Å². The van der Waals surface area contributed by atoms with Gasteiger partial charge in [0.25, 0.3) is 0 Å². The van der Waals surface area contributed by atoms with E-state index in [4.69, 9.17) is 0 Å². The molecule has 26 heavy (non-hydrogen) atoms. The molecule has 0 radical (unpaired) electrons. The zero-order valence-corrected chi connectivity index (χ0v) is 14.3. The number of rotatable bonds is 4. The minimum absolute atomic E-state index is 0.153. The Morgan fingerprint density at radius 1 is 0.885 bits per heavy atom.